The minimum Gasteiger partial charge on any atom is -0.497 e. The summed E-state index contributed by atoms with van der Waals surface area (Å²) >= 11 is 0. The third-order valence-electron chi connectivity index (χ3n) is 7.12. The first-order valence-electron chi connectivity index (χ1n) is 14.2. The van der Waals surface area contributed by atoms with E-state index in [9.17, 15) is 22.4 Å². The van der Waals surface area contributed by atoms with E-state index in [2.05, 4.69) is 5.32 Å². The lowest BCUT2D eigenvalue weighted by molar-refractivity contribution is -0.140. The molecule has 4 aromatic rings. The maximum atomic E-state index is 14.4. The Bertz CT molecular complexity index is 1660. The Kier molecular flexibility index (Phi) is 10.7. The first-order valence-corrected chi connectivity index (χ1v) is 15.7. The molecule has 0 aliphatic heterocycles. The molecule has 4 aromatic carbocycles. The zero-order valence-electron chi connectivity index (χ0n) is 24.9. The van der Waals surface area contributed by atoms with Crippen molar-refractivity contribution in [3.8, 4) is 5.75 Å². The van der Waals surface area contributed by atoms with E-state index < -0.39 is 34.3 Å². The molecular weight excluding hydrogens is 581 g/mol. The zero-order chi connectivity index (χ0) is 31.7. The number of sulfonamides is 1. The SMILES string of the molecule is CCNC(=O)[C@@H](Cc1ccccc1)N(Cc1ccc(F)cc1)C(=O)CN(c1cccc(OC)c1)S(=O)(=O)c1ccc(C)cc1. The Hall–Kier alpha value is -4.70. The van der Waals surface area contributed by atoms with Crippen molar-refractivity contribution >= 4 is 27.5 Å². The summed E-state index contributed by atoms with van der Waals surface area (Å²) < 4.78 is 48.3. The minimum absolute atomic E-state index is 0.00775. The van der Waals surface area contributed by atoms with Crippen LogP contribution in [-0.2, 0) is 32.6 Å². The molecular formula is C34H36FN3O5S. The standard InChI is InChI=1S/C34H36FN3O5S/c1-4-36-34(40)32(21-26-9-6-5-7-10-26)37(23-27-15-17-28(35)18-16-27)33(39)24-38(29-11-8-12-30(22-29)43-3)44(41,42)31-19-13-25(2)14-20-31/h5-20,22,32H,4,21,23-24H2,1-3H3,(H,36,40)/t32-/m1/s1. The van der Waals surface area contributed by atoms with Crippen molar-refractivity contribution in [2.45, 2.75) is 37.8 Å². The Morgan fingerprint density at radius 2 is 1.57 bits per heavy atom. The second-order valence-electron chi connectivity index (χ2n) is 10.3. The van der Waals surface area contributed by atoms with Gasteiger partial charge < -0.3 is 15.0 Å². The highest BCUT2D eigenvalue weighted by Crippen LogP contribution is 2.28. The number of nitrogens with zero attached hydrogens (tertiary/aromatic N) is 2. The van der Waals surface area contributed by atoms with Gasteiger partial charge in [0.25, 0.3) is 10.0 Å². The fourth-order valence-electron chi connectivity index (χ4n) is 4.76. The second kappa shape index (κ2) is 14.7. The summed E-state index contributed by atoms with van der Waals surface area (Å²) in [5, 5.41) is 2.82. The third-order valence-corrected chi connectivity index (χ3v) is 8.91. The van der Waals surface area contributed by atoms with Crippen molar-refractivity contribution in [3.63, 3.8) is 0 Å². The van der Waals surface area contributed by atoms with Crippen LogP contribution < -0.4 is 14.4 Å². The van der Waals surface area contributed by atoms with Gasteiger partial charge in [0.1, 0.15) is 24.2 Å². The van der Waals surface area contributed by atoms with Crippen molar-refractivity contribution < 1.29 is 27.1 Å². The summed E-state index contributed by atoms with van der Waals surface area (Å²) in [4.78, 5) is 29.2. The van der Waals surface area contributed by atoms with E-state index >= 15 is 0 Å². The van der Waals surface area contributed by atoms with Gasteiger partial charge in [0, 0.05) is 25.6 Å². The number of likely N-dealkylation sites (N-methyl/N-ethyl adjacent to an activating group) is 1. The predicted molar refractivity (Wildman–Crippen MR) is 168 cm³/mol. The van der Waals surface area contributed by atoms with Crippen LogP contribution in [0.4, 0.5) is 10.1 Å². The lowest BCUT2D eigenvalue weighted by Gasteiger charge is -2.34. The van der Waals surface area contributed by atoms with E-state index in [1.54, 1.807) is 37.3 Å². The largest absolute Gasteiger partial charge is 0.497 e. The number of anilines is 1. The molecule has 2 amide bonds. The van der Waals surface area contributed by atoms with Gasteiger partial charge in [-0.05, 0) is 61.4 Å². The summed E-state index contributed by atoms with van der Waals surface area (Å²) in [6.45, 7) is 3.31. The van der Waals surface area contributed by atoms with Gasteiger partial charge in [-0.15, -0.1) is 0 Å². The first-order chi connectivity index (χ1) is 21.1. The summed E-state index contributed by atoms with van der Waals surface area (Å²) in [7, 11) is -2.77. The first kappa shape index (κ1) is 32.2. The fourth-order valence-corrected chi connectivity index (χ4v) is 6.17. The van der Waals surface area contributed by atoms with Crippen LogP contribution in [0, 0.1) is 12.7 Å². The summed E-state index contributed by atoms with van der Waals surface area (Å²) in [6.07, 6.45) is 0.184. The summed E-state index contributed by atoms with van der Waals surface area (Å²) in [6, 6.07) is 26.7. The van der Waals surface area contributed by atoms with Gasteiger partial charge in [-0.3, -0.25) is 13.9 Å². The molecule has 0 saturated carbocycles. The van der Waals surface area contributed by atoms with Crippen molar-refractivity contribution in [1.82, 2.24) is 10.2 Å². The number of hydrogen-bond acceptors (Lipinski definition) is 5. The highest BCUT2D eigenvalue weighted by molar-refractivity contribution is 7.92. The zero-order valence-corrected chi connectivity index (χ0v) is 25.8. The number of rotatable bonds is 13. The lowest BCUT2D eigenvalue weighted by atomic mass is 10.0. The Balaban J connectivity index is 1.80. The van der Waals surface area contributed by atoms with Crippen molar-refractivity contribution in [3.05, 3.63) is 126 Å². The van der Waals surface area contributed by atoms with Gasteiger partial charge in [0.05, 0.1) is 17.7 Å². The van der Waals surface area contributed by atoms with E-state index in [1.807, 2.05) is 37.3 Å². The smallest absolute Gasteiger partial charge is 0.264 e. The van der Waals surface area contributed by atoms with Gasteiger partial charge in [-0.1, -0.05) is 66.2 Å². The number of carbonyl (C=O) groups excluding carboxylic acids is 2. The molecule has 0 aromatic heterocycles. The molecule has 0 saturated heterocycles. The van der Waals surface area contributed by atoms with E-state index in [0.29, 0.717) is 17.9 Å². The second-order valence-corrected chi connectivity index (χ2v) is 12.1. The number of halogens is 1. The van der Waals surface area contributed by atoms with Crippen LogP contribution >= 0.6 is 0 Å². The van der Waals surface area contributed by atoms with Gasteiger partial charge in [0.15, 0.2) is 0 Å². The number of ether oxygens (including phenoxy) is 1. The number of methoxy groups -OCH3 is 1. The van der Waals surface area contributed by atoms with Crippen LogP contribution in [0.15, 0.2) is 108 Å². The van der Waals surface area contributed by atoms with Crippen molar-refractivity contribution in [2.24, 2.45) is 0 Å². The lowest BCUT2D eigenvalue weighted by Crippen LogP contribution is -2.53. The molecule has 44 heavy (non-hydrogen) atoms. The molecule has 10 heteroatoms. The molecule has 4 rings (SSSR count). The van der Waals surface area contributed by atoms with E-state index in [-0.39, 0.29) is 29.5 Å². The molecule has 1 atom stereocenters. The average molecular weight is 618 g/mol. The fraction of sp³-hybridized carbons (Fsp3) is 0.235. The van der Waals surface area contributed by atoms with Crippen LogP contribution in [0.3, 0.4) is 0 Å². The molecule has 0 unspecified atom stereocenters. The molecule has 0 fully saturated rings. The Labute approximate surface area is 258 Å². The molecule has 0 spiro atoms. The maximum Gasteiger partial charge on any atom is 0.264 e. The number of aryl methyl sites for hydroxylation is 1. The van der Waals surface area contributed by atoms with E-state index in [1.165, 1.54) is 54.5 Å². The number of carbonyl (C=O) groups is 2. The normalized spacial score (nSPS) is 11.8. The summed E-state index contributed by atoms with van der Waals surface area (Å²) in [5.41, 5.74) is 2.50. The Morgan fingerprint density at radius 1 is 0.886 bits per heavy atom. The van der Waals surface area contributed by atoms with Gasteiger partial charge in [-0.25, -0.2) is 12.8 Å². The molecule has 0 heterocycles. The van der Waals surface area contributed by atoms with Crippen LogP contribution in [0.2, 0.25) is 0 Å². The minimum atomic E-state index is -4.24. The van der Waals surface area contributed by atoms with Crippen molar-refractivity contribution in [2.75, 3.05) is 24.5 Å². The Morgan fingerprint density at radius 3 is 2.20 bits per heavy atom. The number of nitrogens with one attached hydrogen (secondary N) is 1. The van der Waals surface area contributed by atoms with E-state index in [0.717, 1.165) is 15.4 Å². The quantitative estimate of drug-likeness (QED) is 0.225. The van der Waals surface area contributed by atoms with Crippen LogP contribution in [0.25, 0.3) is 0 Å². The molecule has 0 aliphatic rings. The topological polar surface area (TPSA) is 96.0 Å². The van der Waals surface area contributed by atoms with Gasteiger partial charge in [0.2, 0.25) is 11.8 Å². The highest BCUT2D eigenvalue weighted by Gasteiger charge is 2.34. The number of hydrogen-bond donors (Lipinski definition) is 1. The average Bonchev–Trinajstić information content (AvgIpc) is 3.03. The summed E-state index contributed by atoms with van der Waals surface area (Å²) in [5.74, 6) is -1.03. The van der Waals surface area contributed by atoms with Gasteiger partial charge in [-0.2, -0.15) is 0 Å². The van der Waals surface area contributed by atoms with Crippen molar-refractivity contribution in [1.29, 1.82) is 0 Å². The molecule has 0 bridgehead atoms. The maximum absolute atomic E-state index is 14.4. The monoisotopic (exact) mass is 617 g/mol. The predicted octanol–water partition coefficient (Wildman–Crippen LogP) is 5.11. The number of benzene rings is 4. The molecule has 230 valence electrons. The molecule has 1 N–H and O–H groups in total. The number of amides is 2. The van der Waals surface area contributed by atoms with Gasteiger partial charge >= 0.3 is 0 Å². The molecule has 0 aliphatic carbocycles. The third kappa shape index (κ3) is 8.02. The highest BCUT2D eigenvalue weighted by atomic mass is 32.2. The van der Waals surface area contributed by atoms with E-state index in [4.69, 9.17) is 4.74 Å². The van der Waals surface area contributed by atoms with Crippen LogP contribution in [-0.4, -0.2) is 51.4 Å². The van der Waals surface area contributed by atoms with Crippen LogP contribution in [0.1, 0.15) is 23.6 Å². The molecule has 8 nitrogen and oxygen atoms in total. The molecule has 0 radical (unpaired) electrons. The van der Waals surface area contributed by atoms with Crippen LogP contribution in [0.5, 0.6) is 5.75 Å².